The first-order valence-electron chi connectivity index (χ1n) is 4.05. The van der Waals surface area contributed by atoms with Gasteiger partial charge in [-0.15, -0.1) is 0 Å². The Bertz CT molecular complexity index is 231. The highest BCUT2D eigenvalue weighted by Crippen LogP contribution is 2.07. The van der Waals surface area contributed by atoms with Crippen molar-refractivity contribution >= 4 is 5.97 Å². The Labute approximate surface area is 78.0 Å². The second-order valence-electron chi connectivity index (χ2n) is 2.22. The molecule has 0 aliphatic rings. The third kappa shape index (κ3) is 7.03. The molecule has 1 N–H and O–H groups in total. The average molecular weight is 182 g/mol. The van der Waals surface area contributed by atoms with Crippen LogP contribution in [0.2, 0.25) is 0 Å². The Morgan fingerprint density at radius 3 is 2.23 bits per heavy atom. The van der Waals surface area contributed by atoms with Crippen LogP contribution in [-0.2, 0) is 4.79 Å². The van der Waals surface area contributed by atoms with Crippen LogP contribution in [0.25, 0.3) is 0 Å². The molecule has 1 aromatic rings. The summed E-state index contributed by atoms with van der Waals surface area (Å²) in [7, 11) is 0. The van der Waals surface area contributed by atoms with Crippen molar-refractivity contribution < 1.29 is 14.6 Å². The number of hydrogen-bond donors (Lipinski definition) is 1. The minimum Gasteiger partial charge on any atom is -0.427 e. The minimum absolute atomic E-state index is 0.250. The second-order valence-corrected chi connectivity index (χ2v) is 2.22. The maximum atomic E-state index is 10.4. The molecule has 13 heavy (non-hydrogen) atoms. The lowest BCUT2D eigenvalue weighted by Crippen LogP contribution is -2.00. The van der Waals surface area contributed by atoms with Gasteiger partial charge in [-0.05, 0) is 19.1 Å². The number of para-hydroxylation sites is 1. The van der Waals surface area contributed by atoms with Crippen LogP contribution in [0.15, 0.2) is 30.3 Å². The van der Waals surface area contributed by atoms with Crippen molar-refractivity contribution in [3.05, 3.63) is 30.3 Å². The molecule has 72 valence electrons. The van der Waals surface area contributed by atoms with Crippen molar-refractivity contribution in [2.24, 2.45) is 0 Å². The molecule has 0 fully saturated rings. The largest absolute Gasteiger partial charge is 0.427 e. The van der Waals surface area contributed by atoms with E-state index in [1.54, 1.807) is 19.1 Å². The highest BCUT2D eigenvalue weighted by molar-refractivity contribution is 5.69. The van der Waals surface area contributed by atoms with E-state index < -0.39 is 0 Å². The normalized spacial score (nSPS) is 8.23. The standard InChI is InChI=1S/C8H8O2.C2H6O/c1-7(9)10-8-5-3-2-4-6-8;1-2-3/h2-6H,1H3;3H,2H2,1H3. The van der Waals surface area contributed by atoms with Crippen LogP contribution in [0.1, 0.15) is 13.8 Å². The Balaban J connectivity index is 0.000000424. The summed E-state index contributed by atoms with van der Waals surface area (Å²) >= 11 is 0. The molecule has 1 aromatic carbocycles. The molecule has 0 atom stereocenters. The van der Waals surface area contributed by atoms with Gasteiger partial charge in [-0.3, -0.25) is 4.79 Å². The van der Waals surface area contributed by atoms with Gasteiger partial charge in [-0.1, -0.05) is 18.2 Å². The molecule has 3 heteroatoms. The number of aliphatic hydroxyl groups excluding tert-OH is 1. The van der Waals surface area contributed by atoms with E-state index in [1.807, 2.05) is 18.2 Å². The van der Waals surface area contributed by atoms with Crippen molar-refractivity contribution in [3.63, 3.8) is 0 Å². The van der Waals surface area contributed by atoms with Gasteiger partial charge in [-0.25, -0.2) is 0 Å². The molecule has 0 saturated heterocycles. The quantitative estimate of drug-likeness (QED) is 0.530. The number of rotatable bonds is 1. The molecule has 0 unspecified atom stereocenters. The molecular formula is C10H14O3. The number of benzene rings is 1. The first kappa shape index (κ1) is 11.6. The zero-order chi connectivity index (χ0) is 10.1. The fourth-order valence-electron chi connectivity index (χ4n) is 0.655. The zero-order valence-corrected chi connectivity index (χ0v) is 7.86. The molecule has 1 rings (SSSR count). The van der Waals surface area contributed by atoms with Crippen molar-refractivity contribution in [1.29, 1.82) is 0 Å². The molecule has 0 aliphatic carbocycles. The lowest BCUT2D eigenvalue weighted by Gasteiger charge is -1.97. The van der Waals surface area contributed by atoms with Crippen molar-refractivity contribution in [2.45, 2.75) is 13.8 Å². The fourth-order valence-corrected chi connectivity index (χ4v) is 0.655. The van der Waals surface area contributed by atoms with Gasteiger partial charge in [0, 0.05) is 13.5 Å². The Morgan fingerprint density at radius 1 is 1.38 bits per heavy atom. The van der Waals surface area contributed by atoms with Gasteiger partial charge in [-0.2, -0.15) is 0 Å². The Hall–Kier alpha value is -1.35. The van der Waals surface area contributed by atoms with Gasteiger partial charge < -0.3 is 9.84 Å². The van der Waals surface area contributed by atoms with Crippen molar-refractivity contribution in [3.8, 4) is 5.75 Å². The smallest absolute Gasteiger partial charge is 0.308 e. The van der Waals surface area contributed by atoms with Crippen LogP contribution >= 0.6 is 0 Å². The first-order chi connectivity index (χ1) is 6.20. The molecule has 0 heterocycles. The molecule has 0 spiro atoms. The topological polar surface area (TPSA) is 46.5 Å². The van der Waals surface area contributed by atoms with E-state index in [9.17, 15) is 4.79 Å². The summed E-state index contributed by atoms with van der Waals surface area (Å²) in [5, 5.41) is 7.57. The Morgan fingerprint density at radius 2 is 1.85 bits per heavy atom. The monoisotopic (exact) mass is 182 g/mol. The molecule has 0 aromatic heterocycles. The molecule has 3 nitrogen and oxygen atoms in total. The van der Waals surface area contributed by atoms with Gasteiger partial charge in [0.05, 0.1) is 0 Å². The van der Waals surface area contributed by atoms with Crippen molar-refractivity contribution in [2.75, 3.05) is 6.61 Å². The maximum Gasteiger partial charge on any atom is 0.308 e. The predicted molar refractivity (Wildman–Crippen MR) is 50.5 cm³/mol. The predicted octanol–water partition coefficient (Wildman–Crippen LogP) is 1.61. The van der Waals surface area contributed by atoms with Crippen LogP contribution in [0.4, 0.5) is 0 Å². The number of carbonyl (C=O) groups excluding carboxylic acids is 1. The van der Waals surface area contributed by atoms with Crippen LogP contribution in [0.3, 0.4) is 0 Å². The number of esters is 1. The van der Waals surface area contributed by atoms with Crippen LogP contribution in [-0.4, -0.2) is 17.7 Å². The number of ether oxygens (including phenoxy) is 1. The first-order valence-corrected chi connectivity index (χ1v) is 4.05. The Kier molecular flexibility index (Phi) is 6.55. The van der Waals surface area contributed by atoms with E-state index in [0.717, 1.165) is 0 Å². The highest BCUT2D eigenvalue weighted by atomic mass is 16.5. The van der Waals surface area contributed by atoms with E-state index in [0.29, 0.717) is 5.75 Å². The van der Waals surface area contributed by atoms with E-state index in [-0.39, 0.29) is 12.6 Å². The summed E-state index contributed by atoms with van der Waals surface area (Å²) in [5.74, 6) is 0.307. The number of aliphatic hydroxyl groups is 1. The average Bonchev–Trinajstić information content (AvgIpc) is 2.06. The second kappa shape index (κ2) is 7.31. The van der Waals surface area contributed by atoms with Crippen LogP contribution in [0.5, 0.6) is 5.75 Å². The van der Waals surface area contributed by atoms with E-state index >= 15 is 0 Å². The third-order valence-corrected chi connectivity index (χ3v) is 1.00. The number of carbonyl (C=O) groups is 1. The lowest BCUT2D eigenvalue weighted by atomic mass is 10.3. The van der Waals surface area contributed by atoms with Crippen molar-refractivity contribution in [1.82, 2.24) is 0 Å². The summed E-state index contributed by atoms with van der Waals surface area (Å²) in [4.78, 5) is 10.4. The van der Waals surface area contributed by atoms with Gasteiger partial charge in [0.25, 0.3) is 0 Å². The third-order valence-electron chi connectivity index (χ3n) is 1.00. The number of hydrogen-bond acceptors (Lipinski definition) is 3. The molecule has 0 aliphatic heterocycles. The highest BCUT2D eigenvalue weighted by Gasteiger charge is 1.92. The molecular weight excluding hydrogens is 168 g/mol. The molecule has 0 bridgehead atoms. The van der Waals surface area contributed by atoms with Gasteiger partial charge in [0.1, 0.15) is 5.75 Å². The summed E-state index contributed by atoms with van der Waals surface area (Å²) in [6.45, 7) is 3.31. The lowest BCUT2D eigenvalue weighted by molar-refractivity contribution is -0.131. The summed E-state index contributed by atoms with van der Waals surface area (Å²) < 4.78 is 4.78. The van der Waals surface area contributed by atoms with Gasteiger partial charge >= 0.3 is 5.97 Å². The maximum absolute atomic E-state index is 10.4. The molecule has 0 radical (unpaired) electrons. The van der Waals surface area contributed by atoms with Gasteiger partial charge in [0.2, 0.25) is 0 Å². The van der Waals surface area contributed by atoms with E-state index in [1.165, 1.54) is 6.92 Å². The molecule has 0 amide bonds. The molecule has 0 saturated carbocycles. The van der Waals surface area contributed by atoms with Crippen LogP contribution < -0.4 is 4.74 Å². The summed E-state index contributed by atoms with van der Waals surface area (Å²) in [6.07, 6.45) is 0. The zero-order valence-electron chi connectivity index (χ0n) is 7.86. The van der Waals surface area contributed by atoms with E-state index in [4.69, 9.17) is 9.84 Å². The fraction of sp³-hybridized carbons (Fsp3) is 0.300. The minimum atomic E-state index is -0.286. The summed E-state index contributed by atoms with van der Waals surface area (Å²) in [5.41, 5.74) is 0. The van der Waals surface area contributed by atoms with E-state index in [2.05, 4.69) is 0 Å². The summed E-state index contributed by atoms with van der Waals surface area (Å²) in [6, 6.07) is 8.98. The van der Waals surface area contributed by atoms with Crippen LogP contribution in [0, 0.1) is 0 Å². The SMILES string of the molecule is CC(=O)Oc1ccccc1.CCO. The van der Waals surface area contributed by atoms with Gasteiger partial charge in [0.15, 0.2) is 0 Å².